The summed E-state index contributed by atoms with van der Waals surface area (Å²) in [5.74, 6) is 1.62. The summed E-state index contributed by atoms with van der Waals surface area (Å²) in [6.45, 7) is 3.61. The summed E-state index contributed by atoms with van der Waals surface area (Å²) in [6, 6.07) is 4.10. The van der Waals surface area contributed by atoms with Crippen LogP contribution in [0.3, 0.4) is 0 Å². The first-order chi connectivity index (χ1) is 9.00. The molecular weight excluding hydrogens is 264 g/mol. The highest BCUT2D eigenvalue weighted by molar-refractivity contribution is 7.88. The van der Waals surface area contributed by atoms with Gasteiger partial charge in [0.25, 0.3) is 0 Å². The van der Waals surface area contributed by atoms with Gasteiger partial charge in [0.2, 0.25) is 10.0 Å². The molecular formula is C13H22N2O3S. The SMILES string of the molecule is CCN(Cc1ccc([C@@H]2CCCCN2)o1)S(C)(=O)=O. The van der Waals surface area contributed by atoms with Gasteiger partial charge in [-0.2, -0.15) is 4.31 Å². The molecule has 2 rings (SSSR count). The van der Waals surface area contributed by atoms with Gasteiger partial charge in [-0.05, 0) is 31.5 Å². The van der Waals surface area contributed by atoms with Crippen molar-refractivity contribution in [1.29, 1.82) is 0 Å². The largest absolute Gasteiger partial charge is 0.463 e. The first kappa shape index (κ1) is 14.6. The summed E-state index contributed by atoms with van der Waals surface area (Å²) in [4.78, 5) is 0. The summed E-state index contributed by atoms with van der Waals surface area (Å²) in [5.41, 5.74) is 0. The maximum atomic E-state index is 11.5. The molecule has 0 spiro atoms. The molecule has 1 N–H and O–H groups in total. The monoisotopic (exact) mass is 286 g/mol. The summed E-state index contributed by atoms with van der Waals surface area (Å²) < 4.78 is 30.3. The Hall–Kier alpha value is -0.850. The third kappa shape index (κ3) is 3.81. The van der Waals surface area contributed by atoms with Gasteiger partial charge in [-0.3, -0.25) is 0 Å². The van der Waals surface area contributed by atoms with Crippen molar-refractivity contribution in [2.24, 2.45) is 0 Å². The number of nitrogens with one attached hydrogen (secondary N) is 1. The minimum absolute atomic E-state index is 0.274. The number of piperidine rings is 1. The lowest BCUT2D eigenvalue weighted by atomic mass is 10.0. The zero-order chi connectivity index (χ0) is 13.9. The number of sulfonamides is 1. The smallest absolute Gasteiger partial charge is 0.211 e. The molecule has 1 aliphatic heterocycles. The number of hydrogen-bond acceptors (Lipinski definition) is 4. The second-order valence-electron chi connectivity index (χ2n) is 5.00. The Labute approximate surface area is 115 Å². The van der Waals surface area contributed by atoms with Gasteiger partial charge < -0.3 is 9.73 Å². The Morgan fingerprint density at radius 1 is 1.42 bits per heavy atom. The molecule has 108 valence electrons. The van der Waals surface area contributed by atoms with Gasteiger partial charge in [0, 0.05) is 6.54 Å². The lowest BCUT2D eigenvalue weighted by Crippen LogP contribution is -2.29. The maximum Gasteiger partial charge on any atom is 0.211 e. The van der Waals surface area contributed by atoms with Crippen molar-refractivity contribution >= 4 is 10.0 Å². The molecule has 1 aromatic rings. The van der Waals surface area contributed by atoms with Crippen LogP contribution in [0.4, 0.5) is 0 Å². The minimum Gasteiger partial charge on any atom is -0.463 e. The second-order valence-corrected chi connectivity index (χ2v) is 6.98. The van der Waals surface area contributed by atoms with E-state index in [0.29, 0.717) is 18.8 Å². The molecule has 1 fully saturated rings. The van der Waals surface area contributed by atoms with Crippen LogP contribution in [0.15, 0.2) is 16.5 Å². The summed E-state index contributed by atoms with van der Waals surface area (Å²) in [5, 5.41) is 3.42. The van der Waals surface area contributed by atoms with Gasteiger partial charge in [-0.15, -0.1) is 0 Å². The van der Waals surface area contributed by atoms with Gasteiger partial charge in [0.15, 0.2) is 0 Å². The van der Waals surface area contributed by atoms with E-state index in [1.807, 2.05) is 19.1 Å². The Balaban J connectivity index is 2.04. The van der Waals surface area contributed by atoms with Crippen molar-refractivity contribution in [3.8, 4) is 0 Å². The second kappa shape index (κ2) is 6.07. The highest BCUT2D eigenvalue weighted by Crippen LogP contribution is 2.25. The van der Waals surface area contributed by atoms with E-state index in [4.69, 9.17) is 4.42 Å². The van der Waals surface area contributed by atoms with Crippen molar-refractivity contribution in [2.45, 2.75) is 38.8 Å². The standard InChI is InChI=1S/C13H22N2O3S/c1-3-15(19(2,16)17)10-11-7-8-13(18-11)12-6-4-5-9-14-12/h7-8,12,14H,3-6,9-10H2,1-2H3/t12-/m0/s1. The number of rotatable bonds is 5. The van der Waals surface area contributed by atoms with Crippen molar-refractivity contribution < 1.29 is 12.8 Å². The Morgan fingerprint density at radius 3 is 2.79 bits per heavy atom. The highest BCUT2D eigenvalue weighted by Gasteiger charge is 2.20. The van der Waals surface area contributed by atoms with E-state index in [-0.39, 0.29) is 6.04 Å². The molecule has 0 radical (unpaired) electrons. The van der Waals surface area contributed by atoms with Gasteiger partial charge in [-0.25, -0.2) is 8.42 Å². The zero-order valence-electron chi connectivity index (χ0n) is 11.6. The van der Waals surface area contributed by atoms with E-state index < -0.39 is 10.0 Å². The molecule has 19 heavy (non-hydrogen) atoms. The molecule has 1 saturated heterocycles. The molecule has 1 aromatic heterocycles. The first-order valence-electron chi connectivity index (χ1n) is 6.78. The predicted molar refractivity (Wildman–Crippen MR) is 74.2 cm³/mol. The quantitative estimate of drug-likeness (QED) is 0.897. The Bertz CT molecular complexity index is 504. The Morgan fingerprint density at radius 2 is 2.21 bits per heavy atom. The van der Waals surface area contributed by atoms with Gasteiger partial charge in [0.1, 0.15) is 11.5 Å². The van der Waals surface area contributed by atoms with Crippen LogP contribution in [0, 0.1) is 0 Å². The summed E-state index contributed by atoms with van der Waals surface area (Å²) >= 11 is 0. The first-order valence-corrected chi connectivity index (χ1v) is 8.62. The molecule has 1 atom stereocenters. The van der Waals surface area contributed by atoms with E-state index >= 15 is 0 Å². The molecule has 0 amide bonds. The molecule has 2 heterocycles. The van der Waals surface area contributed by atoms with Crippen molar-refractivity contribution in [3.05, 3.63) is 23.7 Å². The van der Waals surface area contributed by atoms with Crippen molar-refractivity contribution in [3.63, 3.8) is 0 Å². The van der Waals surface area contributed by atoms with E-state index in [0.717, 1.165) is 18.7 Å². The normalized spacial score (nSPS) is 20.9. The maximum absolute atomic E-state index is 11.5. The predicted octanol–water partition coefficient (Wildman–Crippen LogP) is 1.88. The van der Waals surface area contributed by atoms with Gasteiger partial charge in [0.05, 0.1) is 18.8 Å². The van der Waals surface area contributed by atoms with Crippen LogP contribution in [-0.4, -0.2) is 32.1 Å². The lowest BCUT2D eigenvalue weighted by Gasteiger charge is -2.21. The molecule has 0 unspecified atom stereocenters. The topological polar surface area (TPSA) is 62.6 Å². The fourth-order valence-electron chi connectivity index (χ4n) is 2.40. The zero-order valence-corrected chi connectivity index (χ0v) is 12.4. The van der Waals surface area contributed by atoms with E-state index in [2.05, 4.69) is 5.32 Å². The van der Waals surface area contributed by atoms with Crippen LogP contribution in [0.5, 0.6) is 0 Å². The third-order valence-corrected chi connectivity index (χ3v) is 4.82. The molecule has 5 nitrogen and oxygen atoms in total. The summed E-state index contributed by atoms with van der Waals surface area (Å²) in [6.07, 6.45) is 4.72. The van der Waals surface area contributed by atoms with Crippen LogP contribution in [0.1, 0.15) is 43.7 Å². The van der Waals surface area contributed by atoms with Crippen molar-refractivity contribution in [2.75, 3.05) is 19.3 Å². The molecule has 0 aromatic carbocycles. The van der Waals surface area contributed by atoms with Gasteiger partial charge in [-0.1, -0.05) is 13.3 Å². The van der Waals surface area contributed by atoms with E-state index in [9.17, 15) is 8.42 Å². The van der Waals surface area contributed by atoms with Gasteiger partial charge >= 0.3 is 0 Å². The molecule has 6 heteroatoms. The highest BCUT2D eigenvalue weighted by atomic mass is 32.2. The summed E-state index contributed by atoms with van der Waals surface area (Å²) in [7, 11) is -3.17. The van der Waals surface area contributed by atoms with Crippen molar-refractivity contribution in [1.82, 2.24) is 9.62 Å². The number of hydrogen-bond donors (Lipinski definition) is 1. The fourth-order valence-corrected chi connectivity index (χ4v) is 3.23. The molecule has 1 aliphatic rings. The molecule has 0 aliphatic carbocycles. The lowest BCUT2D eigenvalue weighted by molar-refractivity contribution is 0.319. The average Bonchev–Trinajstić information content (AvgIpc) is 2.84. The van der Waals surface area contributed by atoms with Crippen LogP contribution >= 0.6 is 0 Å². The van der Waals surface area contributed by atoms with Crippen LogP contribution in [0.2, 0.25) is 0 Å². The molecule has 0 bridgehead atoms. The number of furan rings is 1. The third-order valence-electron chi connectivity index (χ3n) is 3.49. The van der Waals surface area contributed by atoms with E-state index in [1.165, 1.54) is 23.4 Å². The Kier molecular flexibility index (Phi) is 4.65. The fraction of sp³-hybridized carbons (Fsp3) is 0.692. The van der Waals surface area contributed by atoms with E-state index in [1.54, 1.807) is 0 Å². The molecule has 0 saturated carbocycles. The van der Waals surface area contributed by atoms with Crippen LogP contribution in [0.25, 0.3) is 0 Å². The van der Waals surface area contributed by atoms with Crippen LogP contribution < -0.4 is 5.32 Å². The number of nitrogens with zero attached hydrogens (tertiary/aromatic N) is 1. The minimum atomic E-state index is -3.17. The average molecular weight is 286 g/mol. The van der Waals surface area contributed by atoms with Crippen LogP contribution in [-0.2, 0) is 16.6 Å².